The minimum atomic E-state index is -5.08. The second-order valence-corrected chi connectivity index (χ2v) is 10.5. The molecule has 48 heavy (non-hydrogen) atoms. The number of pyridine rings is 1. The lowest BCUT2D eigenvalue weighted by atomic mass is 10.0. The number of anilines is 1. The number of rotatable bonds is 11. The van der Waals surface area contributed by atoms with Crippen LogP contribution in [-0.2, 0) is 34.0 Å². The number of hydrogen-bond acceptors (Lipinski definition) is 6. The number of alkyl halides is 3. The van der Waals surface area contributed by atoms with Crippen molar-refractivity contribution in [3.8, 4) is 11.5 Å². The number of aliphatic carboxylic acids is 1. The van der Waals surface area contributed by atoms with E-state index in [0.29, 0.717) is 36.8 Å². The third-order valence-corrected chi connectivity index (χ3v) is 7.05. The second kappa shape index (κ2) is 16.7. The van der Waals surface area contributed by atoms with Gasteiger partial charge in [0.1, 0.15) is 5.75 Å². The molecule has 1 aromatic heterocycles. The molecular formula is C36H33F3N4O5. The Labute approximate surface area is 274 Å². The maximum absolute atomic E-state index is 13.8. The molecule has 2 amide bonds. The first kappa shape index (κ1) is 35.1. The van der Waals surface area contributed by atoms with Crippen molar-refractivity contribution in [2.75, 3.05) is 4.90 Å². The van der Waals surface area contributed by atoms with Crippen LogP contribution in [0.15, 0.2) is 116 Å². The number of para-hydroxylation sites is 2. The Morgan fingerprint density at radius 2 is 1.54 bits per heavy atom. The topological polar surface area (TPSA) is 135 Å². The molecule has 0 atom stereocenters. The van der Waals surface area contributed by atoms with Gasteiger partial charge in [-0.15, -0.1) is 0 Å². The van der Waals surface area contributed by atoms with E-state index in [1.165, 1.54) is 0 Å². The molecule has 0 aliphatic carbocycles. The van der Waals surface area contributed by atoms with Crippen molar-refractivity contribution >= 4 is 34.2 Å². The minimum absolute atomic E-state index is 0.0423. The first-order valence-corrected chi connectivity index (χ1v) is 14.8. The highest BCUT2D eigenvalue weighted by molar-refractivity contribution is 5.97. The summed E-state index contributed by atoms with van der Waals surface area (Å²) in [4.78, 5) is 41.2. The van der Waals surface area contributed by atoms with Crippen LogP contribution in [0.25, 0.3) is 10.8 Å². The molecule has 4 aromatic carbocycles. The Balaban J connectivity index is 0.000000671. The number of nitrogens with zero attached hydrogens (tertiary/aromatic N) is 2. The van der Waals surface area contributed by atoms with Gasteiger partial charge < -0.3 is 25.8 Å². The van der Waals surface area contributed by atoms with Gasteiger partial charge in [0.15, 0.2) is 5.75 Å². The van der Waals surface area contributed by atoms with E-state index in [0.717, 1.165) is 27.5 Å². The Morgan fingerprint density at radius 1 is 0.854 bits per heavy atom. The van der Waals surface area contributed by atoms with Crippen LogP contribution in [0, 0.1) is 0 Å². The van der Waals surface area contributed by atoms with E-state index < -0.39 is 12.1 Å². The van der Waals surface area contributed by atoms with E-state index in [1.54, 1.807) is 17.3 Å². The summed E-state index contributed by atoms with van der Waals surface area (Å²) >= 11 is 0. The van der Waals surface area contributed by atoms with Gasteiger partial charge in [-0.1, -0.05) is 72.8 Å². The van der Waals surface area contributed by atoms with Gasteiger partial charge in [0.2, 0.25) is 11.8 Å². The Morgan fingerprint density at radius 3 is 2.27 bits per heavy atom. The minimum Gasteiger partial charge on any atom is -0.475 e. The van der Waals surface area contributed by atoms with E-state index in [-0.39, 0.29) is 24.7 Å². The number of ether oxygens (including phenoxy) is 1. The fourth-order valence-electron chi connectivity index (χ4n) is 4.68. The van der Waals surface area contributed by atoms with Crippen LogP contribution in [0.1, 0.15) is 29.5 Å². The highest BCUT2D eigenvalue weighted by atomic mass is 19.4. The number of carboxylic acid groups (broad SMARTS) is 1. The molecule has 0 aliphatic heterocycles. The van der Waals surface area contributed by atoms with E-state index >= 15 is 0 Å². The zero-order valence-electron chi connectivity index (χ0n) is 25.7. The molecule has 12 heteroatoms. The Hall–Kier alpha value is -5.75. The molecule has 0 radical (unpaired) electrons. The molecule has 0 aliphatic rings. The molecule has 1 heterocycles. The molecular weight excluding hydrogens is 625 g/mol. The quantitative estimate of drug-likeness (QED) is 0.143. The summed E-state index contributed by atoms with van der Waals surface area (Å²) in [5.41, 5.74) is 9.29. The largest absolute Gasteiger partial charge is 0.490 e. The predicted molar refractivity (Wildman–Crippen MR) is 175 cm³/mol. The van der Waals surface area contributed by atoms with Gasteiger partial charge in [-0.25, -0.2) is 4.79 Å². The summed E-state index contributed by atoms with van der Waals surface area (Å²) in [5.74, 6) is -1.96. The maximum Gasteiger partial charge on any atom is 0.490 e. The van der Waals surface area contributed by atoms with Crippen molar-refractivity contribution < 1.29 is 37.4 Å². The summed E-state index contributed by atoms with van der Waals surface area (Å²) < 4.78 is 38.0. The fourth-order valence-corrected chi connectivity index (χ4v) is 4.68. The van der Waals surface area contributed by atoms with Crippen LogP contribution >= 0.6 is 0 Å². The van der Waals surface area contributed by atoms with Crippen LogP contribution in [0.3, 0.4) is 0 Å². The van der Waals surface area contributed by atoms with Gasteiger partial charge in [-0.2, -0.15) is 13.2 Å². The number of amides is 2. The SMILES string of the molecule is NCc1cccc(Oc2ccccc2N(Cc2cccc3ccccc23)C(=O)CCC(=O)NCc2cccnc2)c1.O=C(O)C(F)(F)F. The van der Waals surface area contributed by atoms with Gasteiger partial charge in [0.25, 0.3) is 0 Å². The molecule has 5 rings (SSSR count). The van der Waals surface area contributed by atoms with Gasteiger partial charge in [0, 0.05) is 38.3 Å². The molecule has 0 saturated carbocycles. The number of carbonyl (C=O) groups excluding carboxylic acids is 2. The van der Waals surface area contributed by atoms with Crippen molar-refractivity contribution in [1.29, 1.82) is 0 Å². The smallest absolute Gasteiger partial charge is 0.475 e. The summed E-state index contributed by atoms with van der Waals surface area (Å²) in [6.07, 6.45) is -1.59. The summed E-state index contributed by atoms with van der Waals surface area (Å²) in [6, 6.07) is 32.9. The van der Waals surface area contributed by atoms with Gasteiger partial charge in [-0.3, -0.25) is 14.6 Å². The van der Waals surface area contributed by atoms with Crippen molar-refractivity contribution in [3.63, 3.8) is 0 Å². The molecule has 4 N–H and O–H groups in total. The molecule has 248 valence electrons. The predicted octanol–water partition coefficient (Wildman–Crippen LogP) is 6.75. The highest BCUT2D eigenvalue weighted by Gasteiger charge is 2.38. The Kier molecular flexibility index (Phi) is 12.2. The first-order chi connectivity index (χ1) is 23.0. The zero-order chi connectivity index (χ0) is 34.5. The lowest BCUT2D eigenvalue weighted by molar-refractivity contribution is -0.192. The molecule has 0 spiro atoms. The van der Waals surface area contributed by atoms with Crippen molar-refractivity contribution in [3.05, 3.63) is 132 Å². The summed E-state index contributed by atoms with van der Waals surface area (Å²) in [5, 5.41) is 12.2. The number of benzene rings is 4. The van der Waals surface area contributed by atoms with Crippen LogP contribution < -0.4 is 20.7 Å². The fraction of sp³-hybridized carbons (Fsp3) is 0.167. The highest BCUT2D eigenvalue weighted by Crippen LogP contribution is 2.35. The van der Waals surface area contributed by atoms with Crippen molar-refractivity contribution in [2.45, 2.75) is 38.7 Å². The number of fused-ring (bicyclic) bond motifs is 1. The third kappa shape index (κ3) is 10.1. The van der Waals surface area contributed by atoms with Crippen LogP contribution in [0.4, 0.5) is 18.9 Å². The van der Waals surface area contributed by atoms with E-state index in [9.17, 15) is 22.8 Å². The summed E-state index contributed by atoms with van der Waals surface area (Å²) in [6.45, 7) is 1.08. The van der Waals surface area contributed by atoms with Crippen molar-refractivity contribution in [1.82, 2.24) is 10.3 Å². The van der Waals surface area contributed by atoms with E-state index in [4.69, 9.17) is 20.4 Å². The van der Waals surface area contributed by atoms with Gasteiger partial charge in [-0.05, 0) is 57.8 Å². The van der Waals surface area contributed by atoms with Gasteiger partial charge in [0.05, 0.1) is 12.2 Å². The number of carboxylic acids is 1. The molecule has 5 aromatic rings. The normalized spacial score (nSPS) is 10.8. The zero-order valence-corrected chi connectivity index (χ0v) is 25.7. The number of aromatic nitrogens is 1. The van der Waals surface area contributed by atoms with Crippen molar-refractivity contribution in [2.24, 2.45) is 5.73 Å². The monoisotopic (exact) mass is 658 g/mol. The number of halogens is 3. The van der Waals surface area contributed by atoms with Gasteiger partial charge >= 0.3 is 12.1 Å². The lowest BCUT2D eigenvalue weighted by Crippen LogP contribution is -2.32. The molecule has 0 bridgehead atoms. The molecule has 0 unspecified atom stereocenters. The summed E-state index contributed by atoms with van der Waals surface area (Å²) in [7, 11) is 0. The van der Waals surface area contributed by atoms with E-state index in [1.807, 2.05) is 84.9 Å². The number of nitrogens with two attached hydrogens (primary N) is 1. The molecule has 9 nitrogen and oxygen atoms in total. The standard InChI is InChI=1S/C34H32N4O3.C2HF3O2/c35-21-25-8-5-13-29(20-25)41-32-16-4-3-15-31(32)38(24-28-12-6-11-27-10-1-2-14-30(27)28)34(40)18-17-33(39)37-23-26-9-7-19-36-22-26;3-2(4,5)1(6)7/h1-16,19-20,22H,17-18,21,23-24,35H2,(H,37,39);(H,6,7). The molecule has 0 fully saturated rings. The second-order valence-electron chi connectivity index (χ2n) is 10.5. The number of hydrogen-bond donors (Lipinski definition) is 3. The average Bonchev–Trinajstić information content (AvgIpc) is 3.09. The Bertz CT molecular complexity index is 1850. The van der Waals surface area contributed by atoms with Crippen LogP contribution in [0.5, 0.6) is 11.5 Å². The van der Waals surface area contributed by atoms with Crippen LogP contribution in [-0.4, -0.2) is 34.1 Å². The average molecular weight is 659 g/mol. The number of nitrogens with one attached hydrogen (secondary N) is 1. The maximum atomic E-state index is 13.8. The first-order valence-electron chi connectivity index (χ1n) is 14.8. The number of carbonyl (C=O) groups is 3. The van der Waals surface area contributed by atoms with Crippen LogP contribution in [0.2, 0.25) is 0 Å². The lowest BCUT2D eigenvalue weighted by Gasteiger charge is -2.26. The third-order valence-electron chi connectivity index (χ3n) is 7.05. The molecule has 0 saturated heterocycles. The van der Waals surface area contributed by atoms with E-state index in [2.05, 4.69) is 28.5 Å².